The fourth-order valence-electron chi connectivity index (χ4n) is 9.73. The van der Waals surface area contributed by atoms with Crippen LogP contribution in [0.5, 0.6) is 0 Å². The van der Waals surface area contributed by atoms with Gasteiger partial charge >= 0.3 is 18.0 Å². The minimum absolute atomic E-state index is 0.0173. The van der Waals surface area contributed by atoms with Crippen molar-refractivity contribution in [2.24, 2.45) is 0 Å². The summed E-state index contributed by atoms with van der Waals surface area (Å²) in [6.07, 6.45) is 46.4. The molecule has 0 saturated heterocycles. The number of rotatable bonds is 54. The Morgan fingerprint density at radius 2 is 0.643 bits per heavy atom. The molecule has 1 amide bonds. The van der Waals surface area contributed by atoms with Gasteiger partial charge in [0.25, 0.3) is 0 Å². The number of carbonyl (C=O) groups excluding carboxylic acids is 3. The Labute approximate surface area is 435 Å². The molecule has 0 rings (SSSR count). The lowest BCUT2D eigenvalue weighted by Gasteiger charge is -2.28. The lowest BCUT2D eigenvalue weighted by atomic mass is 10.0. The van der Waals surface area contributed by atoms with E-state index in [4.69, 9.17) is 14.2 Å². The van der Waals surface area contributed by atoms with E-state index in [0.29, 0.717) is 32.4 Å². The maximum atomic E-state index is 13.9. The van der Waals surface area contributed by atoms with E-state index in [0.717, 1.165) is 167 Å². The van der Waals surface area contributed by atoms with E-state index in [1.807, 2.05) is 0 Å². The summed E-state index contributed by atoms with van der Waals surface area (Å²) in [5.74, 6) is -0.0346. The first-order valence-corrected chi connectivity index (χ1v) is 30.8. The molecule has 0 saturated carbocycles. The Hall–Kier alpha value is -1.87. The second-order valence-corrected chi connectivity index (χ2v) is 21.8. The average molecular weight is 994 g/mol. The molecule has 1 unspecified atom stereocenters. The van der Waals surface area contributed by atoms with Crippen LogP contribution in [0.2, 0.25) is 0 Å². The van der Waals surface area contributed by atoms with E-state index < -0.39 is 6.10 Å². The first-order chi connectivity index (χ1) is 34.1. The first-order valence-electron chi connectivity index (χ1n) is 30.8. The summed E-state index contributed by atoms with van der Waals surface area (Å²) in [6, 6.07) is 0. The fraction of sp³-hybridized carbons (Fsp3) is 0.951. The predicted molar refractivity (Wildman–Crippen MR) is 298 cm³/mol. The fourth-order valence-corrected chi connectivity index (χ4v) is 9.73. The Bertz CT molecular complexity index is 1050. The zero-order chi connectivity index (χ0) is 51.6. The van der Waals surface area contributed by atoms with Crippen molar-refractivity contribution in [3.63, 3.8) is 0 Å². The summed E-state index contributed by atoms with van der Waals surface area (Å²) in [4.78, 5) is 43.5. The number of hydrogen-bond donors (Lipinski definition) is 1. The maximum absolute atomic E-state index is 13.9. The first kappa shape index (κ1) is 68.1. The van der Waals surface area contributed by atoms with Crippen molar-refractivity contribution in [3.8, 4) is 0 Å². The zero-order valence-corrected chi connectivity index (χ0v) is 47.8. The molecule has 0 aliphatic heterocycles. The minimum atomic E-state index is -0.541. The second-order valence-electron chi connectivity index (χ2n) is 21.8. The monoisotopic (exact) mass is 993 g/mol. The Kier molecular flexibility index (Phi) is 50.6. The van der Waals surface area contributed by atoms with Crippen LogP contribution >= 0.6 is 0 Å². The number of hydrogen-bond acceptors (Lipinski definition) is 8. The number of aliphatic hydroxyl groups is 1. The van der Waals surface area contributed by atoms with Gasteiger partial charge < -0.3 is 29.1 Å². The molecule has 0 aromatic rings. The lowest BCUT2D eigenvalue weighted by molar-refractivity contribution is -0.151. The van der Waals surface area contributed by atoms with Gasteiger partial charge in [-0.1, -0.05) is 202 Å². The van der Waals surface area contributed by atoms with Crippen molar-refractivity contribution in [1.29, 1.82) is 0 Å². The molecule has 1 N–H and O–H groups in total. The largest absolute Gasteiger partial charge is 0.462 e. The smallest absolute Gasteiger partial charge is 0.410 e. The van der Waals surface area contributed by atoms with Crippen molar-refractivity contribution in [2.45, 2.75) is 342 Å². The van der Waals surface area contributed by atoms with Gasteiger partial charge in [-0.15, -0.1) is 0 Å². The number of unbranched alkanes of at least 4 members (excludes halogenated alkanes) is 27. The molecule has 0 aromatic carbocycles. The van der Waals surface area contributed by atoms with Gasteiger partial charge in [0, 0.05) is 25.9 Å². The summed E-state index contributed by atoms with van der Waals surface area (Å²) in [6.45, 7) is 13.0. The molecule has 416 valence electrons. The summed E-state index contributed by atoms with van der Waals surface area (Å²) in [7, 11) is 4.11. The highest BCUT2D eigenvalue weighted by molar-refractivity contribution is 5.70. The maximum Gasteiger partial charge on any atom is 0.410 e. The summed E-state index contributed by atoms with van der Waals surface area (Å²) in [5, 5.41) is 11.1. The summed E-state index contributed by atoms with van der Waals surface area (Å²) in [5.41, 5.74) is 0. The van der Waals surface area contributed by atoms with E-state index in [2.05, 4.69) is 53.6 Å². The molecule has 70 heavy (non-hydrogen) atoms. The lowest BCUT2D eigenvalue weighted by Crippen LogP contribution is -2.41. The van der Waals surface area contributed by atoms with Gasteiger partial charge in [0.2, 0.25) is 0 Å². The molecule has 1 atom stereocenters. The van der Waals surface area contributed by atoms with E-state index in [9.17, 15) is 19.5 Å². The van der Waals surface area contributed by atoms with E-state index in [1.54, 1.807) is 4.90 Å². The molecule has 0 aromatic heterocycles. The van der Waals surface area contributed by atoms with Crippen molar-refractivity contribution in [2.75, 3.05) is 33.7 Å². The van der Waals surface area contributed by atoms with Gasteiger partial charge in [-0.2, -0.15) is 0 Å². The number of nitrogens with zero attached hydrogens (tertiary/aromatic N) is 2. The minimum Gasteiger partial charge on any atom is -0.462 e. The molecule has 0 aliphatic rings. The Morgan fingerprint density at radius 3 is 0.986 bits per heavy atom. The number of amides is 1. The van der Waals surface area contributed by atoms with Crippen LogP contribution in [-0.2, 0) is 23.8 Å². The molecule has 9 nitrogen and oxygen atoms in total. The predicted octanol–water partition coefficient (Wildman–Crippen LogP) is 17.8. The van der Waals surface area contributed by atoms with Gasteiger partial charge in [-0.3, -0.25) is 9.59 Å². The molecule has 0 bridgehead atoms. The van der Waals surface area contributed by atoms with E-state index in [-0.39, 0.29) is 36.3 Å². The van der Waals surface area contributed by atoms with Crippen molar-refractivity contribution >= 4 is 18.0 Å². The number of ether oxygens (including phenoxy) is 3. The topological polar surface area (TPSA) is 106 Å². The average Bonchev–Trinajstić information content (AvgIpc) is 3.33. The van der Waals surface area contributed by atoms with Crippen LogP contribution < -0.4 is 0 Å². The zero-order valence-electron chi connectivity index (χ0n) is 47.8. The van der Waals surface area contributed by atoms with Crippen LogP contribution in [0.15, 0.2) is 0 Å². The van der Waals surface area contributed by atoms with Crippen LogP contribution in [0.1, 0.15) is 317 Å². The van der Waals surface area contributed by atoms with Gasteiger partial charge in [0.05, 0.1) is 6.10 Å². The van der Waals surface area contributed by atoms with E-state index in [1.165, 1.54) is 103 Å². The van der Waals surface area contributed by atoms with E-state index >= 15 is 0 Å². The molecule has 9 heteroatoms. The normalized spacial score (nSPS) is 12.2. The van der Waals surface area contributed by atoms with Crippen molar-refractivity contribution in [1.82, 2.24) is 9.80 Å². The van der Waals surface area contributed by atoms with Gasteiger partial charge in [0.1, 0.15) is 18.3 Å². The number of esters is 2. The third kappa shape index (κ3) is 46.0. The molecular weight excluding hydrogens is 873 g/mol. The van der Waals surface area contributed by atoms with Crippen LogP contribution in [0.4, 0.5) is 4.79 Å². The third-order valence-corrected chi connectivity index (χ3v) is 14.3. The van der Waals surface area contributed by atoms with Crippen LogP contribution in [0.25, 0.3) is 0 Å². The van der Waals surface area contributed by atoms with Crippen LogP contribution in [-0.4, -0.2) is 91.1 Å². The number of carbonyl (C=O) groups is 3. The summed E-state index contributed by atoms with van der Waals surface area (Å²) < 4.78 is 18.4. The molecule has 0 spiro atoms. The van der Waals surface area contributed by atoms with Crippen molar-refractivity contribution < 1.29 is 33.7 Å². The van der Waals surface area contributed by atoms with Gasteiger partial charge in [0.15, 0.2) is 0 Å². The molecule has 0 radical (unpaired) electrons. The molecule has 0 fully saturated rings. The SMILES string of the molecule is CCCCCCCCC(O)CN(CCCN(C)C)C(=O)OC(CCCCCCCCC(=O)OC(CCCCCC)CCCCCC)CCCCCCCCC(=O)OC(CCCCCC)CCCCCC. The Balaban J connectivity index is 5.17. The molecular formula is C61H120N2O7. The Morgan fingerprint density at radius 1 is 0.357 bits per heavy atom. The van der Waals surface area contributed by atoms with Crippen LogP contribution in [0, 0.1) is 0 Å². The van der Waals surface area contributed by atoms with Crippen LogP contribution in [0.3, 0.4) is 0 Å². The summed E-state index contributed by atoms with van der Waals surface area (Å²) >= 11 is 0. The second kappa shape index (κ2) is 52.0. The molecule has 0 heterocycles. The van der Waals surface area contributed by atoms with Gasteiger partial charge in [-0.05, 0) is 123 Å². The highest BCUT2D eigenvalue weighted by Gasteiger charge is 2.23. The quantitative estimate of drug-likeness (QED) is 0.0365. The molecule has 0 aliphatic carbocycles. The highest BCUT2D eigenvalue weighted by atomic mass is 16.6. The third-order valence-electron chi connectivity index (χ3n) is 14.3. The number of aliphatic hydroxyl groups excluding tert-OH is 1. The van der Waals surface area contributed by atoms with Gasteiger partial charge in [-0.25, -0.2) is 4.79 Å². The highest BCUT2D eigenvalue weighted by Crippen LogP contribution is 2.22. The van der Waals surface area contributed by atoms with Crippen molar-refractivity contribution in [3.05, 3.63) is 0 Å². The standard InChI is InChI=1S/C61H120N2O7/c1-8-13-18-23-28-33-43-55(64)54-63(53-42-52-62(6)7)61(67)70-58(48-38-29-24-26-31-40-50-59(65)68-56(44-34-19-14-9-2)45-35-20-15-10-3)49-39-30-25-27-32-41-51-60(66)69-57(46-36-21-16-11-4)47-37-22-17-12-5/h55-58,64H,8-54H2,1-7H3.